The average molecular weight is 571 g/mol. The summed E-state index contributed by atoms with van der Waals surface area (Å²) in [6.07, 6.45) is 8.36. The fourth-order valence-corrected chi connectivity index (χ4v) is 5.23. The SMILES string of the molecule is CCNC(=NCCCOC1CCCc2ccccc21)NC1CCN(CC2CCOC2)CC1.I. The maximum absolute atomic E-state index is 6.24. The van der Waals surface area contributed by atoms with Gasteiger partial charge in [-0.25, -0.2) is 0 Å². The van der Waals surface area contributed by atoms with E-state index in [0.29, 0.717) is 6.04 Å². The summed E-state index contributed by atoms with van der Waals surface area (Å²) in [5.41, 5.74) is 2.85. The summed E-state index contributed by atoms with van der Waals surface area (Å²) in [4.78, 5) is 7.43. The van der Waals surface area contributed by atoms with E-state index >= 15 is 0 Å². The van der Waals surface area contributed by atoms with Gasteiger partial charge in [0.1, 0.15) is 0 Å². The van der Waals surface area contributed by atoms with Crippen LogP contribution in [-0.2, 0) is 15.9 Å². The molecular weight excluding hydrogens is 527 g/mol. The summed E-state index contributed by atoms with van der Waals surface area (Å²) in [5, 5.41) is 7.09. The van der Waals surface area contributed by atoms with Crippen molar-refractivity contribution < 1.29 is 9.47 Å². The van der Waals surface area contributed by atoms with E-state index in [-0.39, 0.29) is 30.1 Å². The number of fused-ring (bicyclic) bond motifs is 1. The van der Waals surface area contributed by atoms with Crippen molar-refractivity contribution in [2.45, 2.75) is 64.0 Å². The Hall–Kier alpha value is -0.900. The van der Waals surface area contributed by atoms with E-state index in [1.807, 2.05) is 0 Å². The molecule has 0 radical (unpaired) electrons. The van der Waals surface area contributed by atoms with Crippen molar-refractivity contribution in [1.29, 1.82) is 0 Å². The van der Waals surface area contributed by atoms with E-state index in [1.165, 1.54) is 62.9 Å². The van der Waals surface area contributed by atoms with Crippen LogP contribution in [0.1, 0.15) is 62.7 Å². The van der Waals surface area contributed by atoms with E-state index in [2.05, 4.69) is 46.7 Å². The molecule has 2 N–H and O–H groups in total. The minimum atomic E-state index is 0. The molecule has 0 bridgehead atoms. The molecule has 6 nitrogen and oxygen atoms in total. The van der Waals surface area contributed by atoms with Crippen molar-refractivity contribution in [3.63, 3.8) is 0 Å². The third-order valence-corrected chi connectivity index (χ3v) is 7.02. The molecule has 7 heteroatoms. The van der Waals surface area contributed by atoms with Gasteiger partial charge in [-0.05, 0) is 68.9 Å². The lowest BCUT2D eigenvalue weighted by Crippen LogP contribution is -2.49. The number of nitrogens with one attached hydrogen (secondary N) is 2. The van der Waals surface area contributed by atoms with E-state index < -0.39 is 0 Å². The molecule has 2 saturated heterocycles. The van der Waals surface area contributed by atoms with Crippen LogP contribution in [0.5, 0.6) is 0 Å². The Morgan fingerprint density at radius 3 is 2.82 bits per heavy atom. The minimum Gasteiger partial charge on any atom is -0.381 e. The third kappa shape index (κ3) is 8.37. The highest BCUT2D eigenvalue weighted by molar-refractivity contribution is 14.0. The standard InChI is InChI=1S/C26H42N4O2.HI/c1-2-27-26(29-23-11-15-30(16-12-23)19-21-13-18-31-20-21)28-14-6-17-32-25-10-5-8-22-7-3-4-9-24(22)25;/h3-4,7,9,21,23,25H,2,5-6,8,10-20H2,1H3,(H2,27,28,29);1H. The molecule has 2 heterocycles. The molecule has 0 spiro atoms. The minimum absolute atomic E-state index is 0. The number of rotatable bonds is 9. The van der Waals surface area contributed by atoms with Crippen LogP contribution in [0.25, 0.3) is 0 Å². The van der Waals surface area contributed by atoms with Crippen molar-refractivity contribution in [2.75, 3.05) is 52.5 Å². The molecule has 2 unspecified atom stereocenters. The Labute approximate surface area is 217 Å². The molecule has 2 atom stereocenters. The molecule has 186 valence electrons. The molecule has 3 aliphatic rings. The van der Waals surface area contributed by atoms with Gasteiger partial charge in [0.2, 0.25) is 0 Å². The van der Waals surface area contributed by atoms with Crippen LogP contribution in [0.3, 0.4) is 0 Å². The van der Waals surface area contributed by atoms with Crippen LogP contribution in [-0.4, -0.2) is 69.4 Å². The lowest BCUT2D eigenvalue weighted by Gasteiger charge is -2.34. The van der Waals surface area contributed by atoms with E-state index in [1.54, 1.807) is 0 Å². The van der Waals surface area contributed by atoms with E-state index in [9.17, 15) is 0 Å². The Morgan fingerprint density at radius 1 is 1.18 bits per heavy atom. The summed E-state index contributed by atoms with van der Waals surface area (Å²) in [5.74, 6) is 1.70. The van der Waals surface area contributed by atoms with Gasteiger partial charge in [0.15, 0.2) is 5.96 Å². The Kier molecular flexibility index (Phi) is 11.7. The number of aliphatic imine (C=N–C) groups is 1. The topological polar surface area (TPSA) is 58.1 Å². The number of ether oxygens (including phenoxy) is 2. The van der Waals surface area contributed by atoms with Gasteiger partial charge < -0.3 is 25.0 Å². The third-order valence-electron chi connectivity index (χ3n) is 7.02. The number of aryl methyl sites for hydroxylation is 1. The first-order valence-electron chi connectivity index (χ1n) is 12.9. The largest absolute Gasteiger partial charge is 0.381 e. The summed E-state index contributed by atoms with van der Waals surface area (Å²) >= 11 is 0. The first-order valence-corrected chi connectivity index (χ1v) is 12.9. The van der Waals surface area contributed by atoms with Crippen LogP contribution in [0.4, 0.5) is 0 Å². The molecule has 0 saturated carbocycles. The molecule has 2 fully saturated rings. The first kappa shape index (κ1) is 26.7. The van der Waals surface area contributed by atoms with Crippen LogP contribution in [0, 0.1) is 5.92 Å². The molecule has 1 aromatic carbocycles. The first-order chi connectivity index (χ1) is 15.8. The molecule has 4 rings (SSSR count). The number of hydrogen-bond acceptors (Lipinski definition) is 4. The highest BCUT2D eigenvalue weighted by Crippen LogP contribution is 2.32. The summed E-state index contributed by atoms with van der Waals surface area (Å²) in [6.45, 7) is 10.0. The van der Waals surface area contributed by atoms with Gasteiger partial charge >= 0.3 is 0 Å². The van der Waals surface area contributed by atoms with Gasteiger partial charge in [-0.15, -0.1) is 24.0 Å². The predicted molar refractivity (Wildman–Crippen MR) is 146 cm³/mol. The fourth-order valence-electron chi connectivity index (χ4n) is 5.23. The Morgan fingerprint density at radius 2 is 2.03 bits per heavy atom. The highest BCUT2D eigenvalue weighted by Gasteiger charge is 2.24. The van der Waals surface area contributed by atoms with Crippen molar-refractivity contribution in [3.8, 4) is 0 Å². The second-order valence-electron chi connectivity index (χ2n) is 9.51. The number of nitrogens with zero attached hydrogens (tertiary/aromatic N) is 2. The smallest absolute Gasteiger partial charge is 0.191 e. The maximum atomic E-state index is 6.24. The number of benzene rings is 1. The van der Waals surface area contributed by atoms with Gasteiger partial charge in [0, 0.05) is 52.0 Å². The molecule has 2 aliphatic heterocycles. The van der Waals surface area contributed by atoms with Crippen LogP contribution in [0.2, 0.25) is 0 Å². The van der Waals surface area contributed by atoms with Gasteiger partial charge in [0.05, 0.1) is 12.7 Å². The monoisotopic (exact) mass is 570 g/mol. The van der Waals surface area contributed by atoms with E-state index in [4.69, 9.17) is 14.5 Å². The van der Waals surface area contributed by atoms with Crippen LogP contribution < -0.4 is 10.6 Å². The second-order valence-corrected chi connectivity index (χ2v) is 9.51. The molecule has 1 aliphatic carbocycles. The second kappa shape index (κ2) is 14.5. The van der Waals surface area contributed by atoms with Crippen molar-refractivity contribution >= 4 is 29.9 Å². The lowest BCUT2D eigenvalue weighted by molar-refractivity contribution is 0.0402. The quantitative estimate of drug-likeness (QED) is 0.202. The number of hydrogen-bond donors (Lipinski definition) is 2. The summed E-state index contributed by atoms with van der Waals surface area (Å²) < 4.78 is 11.8. The van der Waals surface area contributed by atoms with Crippen LogP contribution in [0.15, 0.2) is 29.3 Å². The molecule has 0 aromatic heterocycles. The number of guanidine groups is 1. The number of piperidine rings is 1. The van der Waals surface area contributed by atoms with Gasteiger partial charge in [-0.1, -0.05) is 24.3 Å². The Bertz CT molecular complexity index is 718. The predicted octanol–water partition coefficient (Wildman–Crippen LogP) is 4.14. The highest BCUT2D eigenvalue weighted by atomic mass is 127. The Balaban J connectivity index is 0.00000306. The zero-order valence-corrected chi connectivity index (χ0v) is 22.6. The molecule has 0 amide bonds. The zero-order valence-electron chi connectivity index (χ0n) is 20.3. The van der Waals surface area contributed by atoms with Gasteiger partial charge in [-0.2, -0.15) is 0 Å². The normalized spacial score (nSPS) is 24.2. The molecular formula is C26H43IN4O2. The van der Waals surface area contributed by atoms with Crippen LogP contribution >= 0.6 is 24.0 Å². The maximum Gasteiger partial charge on any atom is 0.191 e. The van der Waals surface area contributed by atoms with Gasteiger partial charge in [-0.3, -0.25) is 4.99 Å². The summed E-state index contributed by atoms with van der Waals surface area (Å²) in [7, 11) is 0. The van der Waals surface area contributed by atoms with Crippen molar-refractivity contribution in [1.82, 2.24) is 15.5 Å². The number of halogens is 1. The molecule has 33 heavy (non-hydrogen) atoms. The fraction of sp³-hybridized carbons (Fsp3) is 0.731. The van der Waals surface area contributed by atoms with Gasteiger partial charge in [0.25, 0.3) is 0 Å². The number of likely N-dealkylation sites (tertiary alicyclic amines) is 1. The van der Waals surface area contributed by atoms with E-state index in [0.717, 1.165) is 57.6 Å². The molecule has 1 aromatic rings. The van der Waals surface area contributed by atoms with Crippen molar-refractivity contribution in [3.05, 3.63) is 35.4 Å². The lowest BCUT2D eigenvalue weighted by atomic mass is 9.89. The zero-order chi connectivity index (χ0) is 22.0. The summed E-state index contributed by atoms with van der Waals surface area (Å²) in [6, 6.07) is 9.26. The average Bonchev–Trinajstić information content (AvgIpc) is 3.33. The van der Waals surface area contributed by atoms with Crippen molar-refractivity contribution in [2.24, 2.45) is 10.9 Å².